The zero-order valence-corrected chi connectivity index (χ0v) is 42.1. The first-order valence-corrected chi connectivity index (χ1v) is 25.0. The number of benzene rings is 9. The van der Waals surface area contributed by atoms with Crippen molar-refractivity contribution in [2.24, 2.45) is 0 Å². The fourth-order valence-corrected chi connectivity index (χ4v) is 8.88. The molecule has 9 aromatic rings. The number of fused-ring (bicyclic) bond motifs is 2. The van der Waals surface area contributed by atoms with Crippen LogP contribution >= 0.6 is 0 Å². The van der Waals surface area contributed by atoms with Crippen molar-refractivity contribution in [3.05, 3.63) is 296 Å². The van der Waals surface area contributed by atoms with Crippen molar-refractivity contribution in [1.82, 2.24) is 0 Å². The van der Waals surface area contributed by atoms with Crippen LogP contribution in [0.15, 0.2) is 274 Å². The molecule has 0 saturated carbocycles. The Kier molecular flexibility index (Phi) is 17.3. The normalized spacial score (nSPS) is 11.3. The van der Waals surface area contributed by atoms with E-state index in [1.807, 2.05) is 167 Å². The summed E-state index contributed by atoms with van der Waals surface area (Å²) in [6.45, 7) is 10.2. The first-order chi connectivity index (χ1) is 36.4. The van der Waals surface area contributed by atoms with E-state index in [1.54, 1.807) is 24.3 Å². The molecule has 0 saturated heterocycles. The predicted octanol–water partition coefficient (Wildman–Crippen LogP) is 17.5. The average molecular weight is 966 g/mol. The maximum absolute atomic E-state index is 14.0. The minimum atomic E-state index is -0.138. The van der Waals surface area contributed by atoms with Gasteiger partial charge in [0.05, 0.1) is 0 Å². The monoisotopic (exact) mass is 965 g/mol. The Bertz CT molecular complexity index is 3090. The topological polar surface area (TPSA) is 60.9 Å². The number of carbonyl (C=O) groups is 3. The molecule has 0 atom stereocenters. The van der Waals surface area contributed by atoms with Crippen LogP contribution in [0.25, 0.3) is 22.3 Å². The summed E-state index contributed by atoms with van der Waals surface area (Å²) in [7, 11) is 0. The second-order valence-electron chi connectivity index (χ2n) is 17.1. The van der Waals surface area contributed by atoms with Crippen molar-refractivity contribution < 1.29 is 14.4 Å². The van der Waals surface area contributed by atoms with E-state index in [9.17, 15) is 14.4 Å². The molecule has 364 valence electrons. The number of rotatable bonds is 15. The summed E-state index contributed by atoms with van der Waals surface area (Å²) >= 11 is 0. The molecule has 1 aliphatic rings. The van der Waals surface area contributed by atoms with E-state index in [1.165, 1.54) is 0 Å². The maximum Gasteiger partial charge on any atom is 0.194 e. The molecular formula is C68H59N3O3. The van der Waals surface area contributed by atoms with E-state index in [4.69, 9.17) is 0 Å². The summed E-state index contributed by atoms with van der Waals surface area (Å²) in [5.74, 6) is -0.195. The third-order valence-electron chi connectivity index (χ3n) is 12.4. The SMILES string of the molecule is C=CCC(=O)/C=C/CN(/C=C/C)c1ccccc1.CC.O=C1c2ccc(-c3ccc(N(c4ccccc4)c4ccccc4)cc3)cc2C(=O)c2ccc(-c3ccc(N(c4ccccc4)c4ccccc4)cc3)cc21. The molecule has 0 aliphatic heterocycles. The summed E-state index contributed by atoms with van der Waals surface area (Å²) in [5, 5.41) is 0. The van der Waals surface area contributed by atoms with E-state index in [0.717, 1.165) is 62.1 Å². The van der Waals surface area contributed by atoms with Crippen LogP contribution in [-0.2, 0) is 4.79 Å². The van der Waals surface area contributed by atoms with Gasteiger partial charge in [0.15, 0.2) is 17.3 Å². The molecular weight excluding hydrogens is 907 g/mol. The van der Waals surface area contributed by atoms with Crippen molar-refractivity contribution in [3.8, 4) is 22.3 Å². The number of anilines is 7. The van der Waals surface area contributed by atoms with Crippen LogP contribution in [0.3, 0.4) is 0 Å². The summed E-state index contributed by atoms with van der Waals surface area (Å²) in [6, 6.07) is 79.0. The largest absolute Gasteiger partial charge is 0.344 e. The minimum absolute atomic E-state index is 0.0819. The van der Waals surface area contributed by atoms with Crippen molar-refractivity contribution in [2.45, 2.75) is 27.2 Å². The molecule has 0 N–H and O–H groups in total. The van der Waals surface area contributed by atoms with E-state index >= 15 is 0 Å². The number of hydrogen-bond acceptors (Lipinski definition) is 6. The maximum atomic E-state index is 14.0. The summed E-state index contributed by atoms with van der Waals surface area (Å²) < 4.78 is 0. The van der Waals surface area contributed by atoms with Gasteiger partial charge >= 0.3 is 0 Å². The molecule has 10 rings (SSSR count). The average Bonchev–Trinajstić information content (AvgIpc) is 3.47. The molecule has 0 radical (unpaired) electrons. The van der Waals surface area contributed by atoms with Gasteiger partial charge in [-0.15, -0.1) is 6.58 Å². The third kappa shape index (κ3) is 12.0. The Hall–Kier alpha value is -9.39. The number of nitrogens with zero attached hydrogens (tertiary/aromatic N) is 3. The van der Waals surface area contributed by atoms with Gasteiger partial charge in [-0.3, -0.25) is 14.4 Å². The highest BCUT2D eigenvalue weighted by molar-refractivity contribution is 6.29. The summed E-state index contributed by atoms with van der Waals surface area (Å²) in [5.41, 5.74) is 12.8. The second-order valence-corrected chi connectivity index (χ2v) is 17.1. The fourth-order valence-electron chi connectivity index (χ4n) is 8.88. The lowest BCUT2D eigenvalue weighted by Gasteiger charge is -2.25. The molecule has 0 fully saturated rings. The molecule has 0 spiro atoms. The van der Waals surface area contributed by atoms with Gasteiger partial charge in [-0.1, -0.05) is 159 Å². The highest BCUT2D eigenvalue weighted by Crippen LogP contribution is 2.39. The second kappa shape index (κ2) is 25.1. The van der Waals surface area contributed by atoms with E-state index in [2.05, 4.69) is 118 Å². The number of hydrogen-bond donors (Lipinski definition) is 0. The molecule has 9 aromatic carbocycles. The molecule has 6 nitrogen and oxygen atoms in total. The third-order valence-corrected chi connectivity index (χ3v) is 12.4. The van der Waals surface area contributed by atoms with E-state index < -0.39 is 0 Å². The van der Waals surface area contributed by atoms with Gasteiger partial charge in [-0.2, -0.15) is 0 Å². The Morgan fingerprint density at radius 2 is 0.743 bits per heavy atom. The van der Waals surface area contributed by atoms with Gasteiger partial charge in [-0.25, -0.2) is 0 Å². The molecule has 0 aromatic heterocycles. The Labute approximate surface area is 436 Å². The van der Waals surface area contributed by atoms with Crippen LogP contribution in [0, 0.1) is 0 Å². The van der Waals surface area contributed by atoms with Crippen LogP contribution in [0.1, 0.15) is 59.0 Å². The smallest absolute Gasteiger partial charge is 0.194 e. The van der Waals surface area contributed by atoms with Gasteiger partial charge in [0.1, 0.15) is 0 Å². The number of para-hydroxylation sites is 5. The van der Waals surface area contributed by atoms with Gasteiger partial charge in [-0.05, 0) is 144 Å². The zero-order chi connectivity index (χ0) is 51.7. The predicted molar refractivity (Wildman–Crippen MR) is 309 cm³/mol. The van der Waals surface area contributed by atoms with Crippen LogP contribution in [0.5, 0.6) is 0 Å². The molecule has 0 amide bonds. The van der Waals surface area contributed by atoms with Crippen molar-refractivity contribution in [2.75, 3.05) is 21.2 Å². The van der Waals surface area contributed by atoms with Crippen LogP contribution in [0.2, 0.25) is 0 Å². The number of ketones is 3. The van der Waals surface area contributed by atoms with Crippen molar-refractivity contribution >= 4 is 57.2 Å². The first-order valence-electron chi connectivity index (χ1n) is 25.0. The van der Waals surface area contributed by atoms with Crippen molar-refractivity contribution in [3.63, 3.8) is 0 Å². The lowest BCUT2D eigenvalue weighted by atomic mass is 9.81. The fraction of sp³-hybridized carbons (Fsp3) is 0.0735. The standard InChI is InChI=1S/C50H34N2O2.C16H19NO.C2H6/c53-49-46-32-26-38(36-23-29-44(30-24-36)52(41-17-9-3-10-18-41)42-19-11-4-12-20-42)34-48(46)50(54)45-31-25-37(33-47(45)49)35-21-27-43(28-22-35)51(39-13-5-1-6-14-39)40-15-7-2-8-16-40;1-3-9-16(18)12-8-14-17(13-4-2)15-10-6-5-7-11-15;1-2/h1-34H;3-8,10-13H,1,9,14H2,2H3;1-2H3/b;12-8+,13-4+;. The van der Waals surface area contributed by atoms with Crippen LogP contribution in [-0.4, -0.2) is 23.9 Å². The molecule has 74 heavy (non-hydrogen) atoms. The Morgan fingerprint density at radius 1 is 0.419 bits per heavy atom. The van der Waals surface area contributed by atoms with Crippen molar-refractivity contribution in [1.29, 1.82) is 0 Å². The van der Waals surface area contributed by atoms with E-state index in [0.29, 0.717) is 35.2 Å². The highest BCUT2D eigenvalue weighted by Gasteiger charge is 2.30. The van der Waals surface area contributed by atoms with E-state index in [-0.39, 0.29) is 17.3 Å². The number of allylic oxidation sites excluding steroid dienone is 3. The number of carbonyl (C=O) groups excluding carboxylic acids is 3. The lowest BCUT2D eigenvalue weighted by Crippen LogP contribution is -2.21. The molecule has 0 bridgehead atoms. The summed E-state index contributed by atoms with van der Waals surface area (Å²) in [6.07, 6.45) is 9.48. The quantitative estimate of drug-likeness (QED) is 0.0754. The Balaban J connectivity index is 0.000000309. The van der Waals surface area contributed by atoms with Gasteiger partial charge < -0.3 is 14.7 Å². The molecule has 0 heterocycles. The summed E-state index contributed by atoms with van der Waals surface area (Å²) in [4.78, 5) is 45.8. The van der Waals surface area contributed by atoms with Crippen LogP contribution < -0.4 is 14.7 Å². The zero-order valence-electron chi connectivity index (χ0n) is 42.1. The molecule has 0 unspecified atom stereocenters. The lowest BCUT2D eigenvalue weighted by molar-refractivity contribution is -0.113. The molecule has 1 aliphatic carbocycles. The van der Waals surface area contributed by atoms with Gasteiger partial charge in [0, 0.05) is 81.2 Å². The first kappa shape index (κ1) is 51.0. The Morgan fingerprint density at radius 3 is 1.08 bits per heavy atom. The van der Waals surface area contributed by atoms with Crippen LogP contribution in [0.4, 0.5) is 39.8 Å². The molecule has 6 heteroatoms. The van der Waals surface area contributed by atoms with Gasteiger partial charge in [0.25, 0.3) is 0 Å². The minimum Gasteiger partial charge on any atom is -0.344 e. The van der Waals surface area contributed by atoms with Gasteiger partial charge in [0.2, 0.25) is 0 Å². The highest BCUT2D eigenvalue weighted by atomic mass is 16.1.